The van der Waals surface area contributed by atoms with Crippen molar-refractivity contribution in [1.82, 2.24) is 10.2 Å². The van der Waals surface area contributed by atoms with Crippen LogP contribution in [0.4, 0.5) is 4.39 Å². The van der Waals surface area contributed by atoms with E-state index in [-0.39, 0.29) is 23.5 Å². The van der Waals surface area contributed by atoms with Crippen molar-refractivity contribution < 1.29 is 14.0 Å². The summed E-state index contributed by atoms with van der Waals surface area (Å²) in [6, 6.07) is 15.6. The predicted octanol–water partition coefficient (Wildman–Crippen LogP) is 3.82. The molecular weight excluding hydrogens is 355 g/mol. The number of benzene rings is 2. The highest BCUT2D eigenvalue weighted by molar-refractivity contribution is 5.94. The van der Waals surface area contributed by atoms with Crippen LogP contribution in [0.15, 0.2) is 54.6 Å². The molecule has 0 atom stereocenters. The van der Waals surface area contributed by atoms with Gasteiger partial charge >= 0.3 is 0 Å². The Morgan fingerprint density at radius 1 is 1.04 bits per heavy atom. The van der Waals surface area contributed by atoms with Crippen LogP contribution in [-0.4, -0.2) is 35.3 Å². The van der Waals surface area contributed by atoms with Gasteiger partial charge in [-0.15, -0.1) is 0 Å². The number of carbonyl (C=O) groups is 2. The minimum Gasteiger partial charge on any atom is -0.351 e. The van der Waals surface area contributed by atoms with E-state index < -0.39 is 5.54 Å². The van der Waals surface area contributed by atoms with Crippen molar-refractivity contribution in [2.75, 3.05) is 13.1 Å². The summed E-state index contributed by atoms with van der Waals surface area (Å²) in [6.07, 6.45) is 1.96. The Bertz CT molecular complexity index is 810. The Hall–Kier alpha value is -2.69. The zero-order chi connectivity index (χ0) is 20.1. The van der Waals surface area contributed by atoms with Gasteiger partial charge in [0.1, 0.15) is 5.82 Å². The van der Waals surface area contributed by atoms with Crippen molar-refractivity contribution in [3.63, 3.8) is 0 Å². The van der Waals surface area contributed by atoms with Crippen LogP contribution >= 0.6 is 0 Å². The molecule has 0 spiro atoms. The van der Waals surface area contributed by atoms with Gasteiger partial charge in [0, 0.05) is 30.1 Å². The first-order valence-corrected chi connectivity index (χ1v) is 9.75. The van der Waals surface area contributed by atoms with Gasteiger partial charge in [-0.25, -0.2) is 4.39 Å². The topological polar surface area (TPSA) is 49.4 Å². The van der Waals surface area contributed by atoms with Crippen LogP contribution in [0.25, 0.3) is 0 Å². The molecule has 4 nitrogen and oxygen atoms in total. The number of hydrogen-bond acceptors (Lipinski definition) is 2. The molecule has 28 heavy (non-hydrogen) atoms. The minimum atomic E-state index is -0.425. The van der Waals surface area contributed by atoms with Gasteiger partial charge in [0.2, 0.25) is 5.91 Å². The maximum absolute atomic E-state index is 13.1. The van der Waals surface area contributed by atoms with E-state index in [1.54, 1.807) is 12.1 Å². The third-order valence-corrected chi connectivity index (χ3v) is 5.19. The predicted molar refractivity (Wildman–Crippen MR) is 107 cm³/mol. The highest BCUT2D eigenvalue weighted by atomic mass is 19.1. The fourth-order valence-electron chi connectivity index (χ4n) is 3.70. The molecule has 1 aliphatic rings. The Morgan fingerprint density at radius 3 is 2.25 bits per heavy atom. The fourth-order valence-corrected chi connectivity index (χ4v) is 3.70. The first kappa shape index (κ1) is 20.1. The second kappa shape index (κ2) is 8.55. The van der Waals surface area contributed by atoms with Crippen LogP contribution in [-0.2, 0) is 11.2 Å². The van der Waals surface area contributed by atoms with Crippen molar-refractivity contribution in [1.29, 1.82) is 0 Å². The van der Waals surface area contributed by atoms with Crippen molar-refractivity contribution >= 4 is 11.8 Å². The molecule has 0 aliphatic carbocycles. The van der Waals surface area contributed by atoms with Crippen LogP contribution in [0.5, 0.6) is 0 Å². The minimum absolute atomic E-state index is 0.0242. The number of likely N-dealkylation sites (tertiary alicyclic amines) is 1. The highest BCUT2D eigenvalue weighted by Gasteiger charge is 2.30. The summed E-state index contributed by atoms with van der Waals surface area (Å²) < 4.78 is 13.1. The molecule has 0 saturated carbocycles. The Morgan fingerprint density at radius 2 is 1.64 bits per heavy atom. The summed E-state index contributed by atoms with van der Waals surface area (Å²) in [6.45, 7) is 5.12. The lowest BCUT2D eigenvalue weighted by Crippen LogP contribution is -2.50. The summed E-state index contributed by atoms with van der Waals surface area (Å²) in [4.78, 5) is 27.1. The highest BCUT2D eigenvalue weighted by Crippen LogP contribution is 2.21. The van der Waals surface area contributed by atoms with E-state index in [0.717, 1.165) is 5.56 Å². The molecule has 148 valence electrons. The van der Waals surface area contributed by atoms with Gasteiger partial charge in [0.15, 0.2) is 0 Å². The number of hydrogen-bond donors (Lipinski definition) is 1. The van der Waals surface area contributed by atoms with Crippen molar-refractivity contribution in [3.05, 3.63) is 71.5 Å². The lowest BCUT2D eigenvalue weighted by molar-refractivity contribution is -0.127. The third-order valence-electron chi connectivity index (χ3n) is 5.19. The van der Waals surface area contributed by atoms with Crippen LogP contribution in [0.1, 0.15) is 42.6 Å². The Labute approximate surface area is 165 Å². The monoisotopic (exact) mass is 382 g/mol. The zero-order valence-corrected chi connectivity index (χ0v) is 16.5. The van der Waals surface area contributed by atoms with Crippen molar-refractivity contribution in [3.8, 4) is 0 Å². The van der Waals surface area contributed by atoms with E-state index in [9.17, 15) is 14.0 Å². The number of amides is 2. The normalized spacial score (nSPS) is 15.3. The van der Waals surface area contributed by atoms with Crippen LogP contribution in [0, 0.1) is 11.7 Å². The standard InChI is InChI=1S/C23H27FN2O2/c1-23(2,16-17-8-10-20(24)11-9-17)25-21(27)18-12-14-26(15-13-18)22(28)19-6-4-3-5-7-19/h3-11,18H,12-16H2,1-2H3,(H,25,27). The number of nitrogens with one attached hydrogen (secondary N) is 1. The number of piperidine rings is 1. The van der Waals surface area contributed by atoms with Gasteiger partial charge in [-0.3, -0.25) is 9.59 Å². The zero-order valence-electron chi connectivity index (χ0n) is 16.5. The summed E-state index contributed by atoms with van der Waals surface area (Å²) in [5, 5.41) is 3.13. The Balaban J connectivity index is 1.51. The van der Waals surface area contributed by atoms with E-state index in [1.807, 2.05) is 49.1 Å². The smallest absolute Gasteiger partial charge is 0.253 e. The van der Waals surface area contributed by atoms with Crippen LogP contribution < -0.4 is 5.32 Å². The number of nitrogens with zero attached hydrogens (tertiary/aromatic N) is 1. The van der Waals surface area contributed by atoms with Crippen molar-refractivity contribution in [2.45, 2.75) is 38.6 Å². The second-order valence-corrected chi connectivity index (χ2v) is 8.11. The van der Waals surface area contributed by atoms with E-state index in [4.69, 9.17) is 0 Å². The lowest BCUT2D eigenvalue weighted by atomic mass is 9.91. The fraction of sp³-hybridized carbons (Fsp3) is 0.391. The molecule has 1 fully saturated rings. The first-order chi connectivity index (χ1) is 13.3. The molecule has 2 aromatic rings. The molecule has 5 heteroatoms. The van der Waals surface area contributed by atoms with Gasteiger partial charge in [0.05, 0.1) is 0 Å². The third kappa shape index (κ3) is 5.18. The molecule has 0 unspecified atom stereocenters. The molecule has 1 saturated heterocycles. The molecule has 1 heterocycles. The van der Waals surface area contributed by atoms with Crippen LogP contribution in [0.3, 0.4) is 0 Å². The molecule has 2 aromatic carbocycles. The quantitative estimate of drug-likeness (QED) is 0.855. The molecular formula is C23H27FN2O2. The van der Waals surface area contributed by atoms with E-state index in [1.165, 1.54) is 12.1 Å². The molecule has 0 radical (unpaired) electrons. The van der Waals surface area contributed by atoms with Crippen LogP contribution in [0.2, 0.25) is 0 Å². The average Bonchev–Trinajstić information content (AvgIpc) is 2.69. The maximum atomic E-state index is 13.1. The average molecular weight is 382 g/mol. The largest absolute Gasteiger partial charge is 0.351 e. The summed E-state index contributed by atoms with van der Waals surface area (Å²) in [7, 11) is 0. The molecule has 0 bridgehead atoms. The lowest BCUT2D eigenvalue weighted by Gasteiger charge is -2.34. The summed E-state index contributed by atoms with van der Waals surface area (Å²) >= 11 is 0. The van der Waals surface area contributed by atoms with Gasteiger partial charge in [0.25, 0.3) is 5.91 Å². The molecule has 3 rings (SSSR count). The first-order valence-electron chi connectivity index (χ1n) is 9.75. The summed E-state index contributed by atoms with van der Waals surface area (Å²) in [5.74, 6) is -0.301. The molecule has 2 amide bonds. The molecule has 1 aliphatic heterocycles. The molecule has 0 aromatic heterocycles. The Kier molecular flexibility index (Phi) is 6.12. The number of carbonyl (C=O) groups excluding carboxylic acids is 2. The van der Waals surface area contributed by atoms with Gasteiger partial charge in [-0.05, 0) is 62.9 Å². The second-order valence-electron chi connectivity index (χ2n) is 8.11. The number of rotatable bonds is 5. The molecule has 1 N–H and O–H groups in total. The van der Waals surface area contributed by atoms with Gasteiger partial charge in [-0.2, -0.15) is 0 Å². The summed E-state index contributed by atoms with van der Waals surface area (Å²) in [5.41, 5.74) is 1.24. The maximum Gasteiger partial charge on any atom is 0.253 e. The number of halogens is 1. The van der Waals surface area contributed by atoms with Crippen molar-refractivity contribution in [2.24, 2.45) is 5.92 Å². The SMILES string of the molecule is CC(C)(Cc1ccc(F)cc1)NC(=O)C1CCN(C(=O)c2ccccc2)CC1. The van der Waals surface area contributed by atoms with Gasteiger partial charge < -0.3 is 10.2 Å². The van der Waals surface area contributed by atoms with E-state index in [0.29, 0.717) is 37.9 Å². The van der Waals surface area contributed by atoms with Gasteiger partial charge in [-0.1, -0.05) is 30.3 Å². The van der Waals surface area contributed by atoms with E-state index >= 15 is 0 Å². The van der Waals surface area contributed by atoms with E-state index in [2.05, 4.69) is 5.32 Å².